The summed E-state index contributed by atoms with van der Waals surface area (Å²) < 4.78 is 3.95. The van der Waals surface area contributed by atoms with Crippen LogP contribution in [0, 0.1) is 20.8 Å². The molecule has 1 N–H and O–H groups in total. The van der Waals surface area contributed by atoms with Gasteiger partial charge in [-0.05, 0) is 31.9 Å². The Morgan fingerprint density at radius 3 is 1.81 bits per heavy atom. The summed E-state index contributed by atoms with van der Waals surface area (Å²) in [5, 5.41) is 13.6. The van der Waals surface area contributed by atoms with Crippen LogP contribution in [-0.2, 0) is 26.2 Å². The Kier molecular flexibility index (Phi) is 6.54. The molecule has 6 heteroatoms. The van der Waals surface area contributed by atoms with Crippen LogP contribution in [0.25, 0.3) is 0 Å². The fraction of sp³-hybridized carbons (Fsp3) is 0.280. The molecule has 0 saturated carbocycles. The van der Waals surface area contributed by atoms with Gasteiger partial charge in [0, 0.05) is 29.9 Å². The summed E-state index contributed by atoms with van der Waals surface area (Å²) in [4.78, 5) is 0. The molecule has 2 heterocycles. The Balaban J connectivity index is 1.42. The van der Waals surface area contributed by atoms with Gasteiger partial charge in [-0.1, -0.05) is 72.3 Å². The number of nitrogens with one attached hydrogen (secondary N) is 1. The minimum absolute atomic E-state index is 0.669. The molecule has 0 saturated heterocycles. The van der Waals surface area contributed by atoms with Crippen molar-refractivity contribution in [2.75, 3.05) is 0 Å². The highest BCUT2D eigenvalue weighted by molar-refractivity contribution is 6.30. The van der Waals surface area contributed by atoms with Crippen molar-refractivity contribution in [2.45, 2.75) is 47.0 Å². The highest BCUT2D eigenvalue weighted by atomic mass is 35.5. The molecule has 4 aromatic rings. The summed E-state index contributed by atoms with van der Waals surface area (Å²) in [7, 11) is 0. The van der Waals surface area contributed by atoms with Crippen molar-refractivity contribution in [3.05, 3.63) is 105 Å². The zero-order chi connectivity index (χ0) is 21.8. The molecule has 0 unspecified atom stereocenters. The summed E-state index contributed by atoms with van der Waals surface area (Å²) in [6, 6.07) is 20.7. The van der Waals surface area contributed by atoms with E-state index in [-0.39, 0.29) is 0 Å². The third kappa shape index (κ3) is 4.89. The maximum absolute atomic E-state index is 6.66. The number of benzene rings is 2. The Morgan fingerprint density at radius 2 is 1.19 bits per heavy atom. The molecule has 0 spiro atoms. The zero-order valence-corrected chi connectivity index (χ0v) is 19.0. The maximum Gasteiger partial charge on any atom is 0.132 e. The normalized spacial score (nSPS) is 11.2. The van der Waals surface area contributed by atoms with Crippen LogP contribution in [-0.4, -0.2) is 19.6 Å². The largest absolute Gasteiger partial charge is 0.308 e. The molecule has 0 atom stereocenters. The van der Waals surface area contributed by atoms with Crippen LogP contribution >= 0.6 is 11.6 Å². The Labute approximate surface area is 188 Å². The van der Waals surface area contributed by atoms with E-state index in [1.165, 1.54) is 22.4 Å². The molecule has 0 amide bonds. The molecule has 0 radical (unpaired) electrons. The van der Waals surface area contributed by atoms with Crippen LogP contribution < -0.4 is 5.32 Å². The molecule has 0 aliphatic heterocycles. The molecule has 160 valence electrons. The van der Waals surface area contributed by atoms with Gasteiger partial charge in [-0.15, -0.1) is 0 Å². The SMILES string of the molecule is Cc1nn(Cc2ccccc2)c(C)c1CNCc1c(C)nn(Cc2ccccc2)c1Cl. The van der Waals surface area contributed by atoms with E-state index in [9.17, 15) is 0 Å². The van der Waals surface area contributed by atoms with E-state index in [0.717, 1.165) is 30.0 Å². The van der Waals surface area contributed by atoms with Gasteiger partial charge in [0.15, 0.2) is 0 Å². The van der Waals surface area contributed by atoms with Gasteiger partial charge < -0.3 is 5.32 Å². The minimum atomic E-state index is 0.669. The van der Waals surface area contributed by atoms with Gasteiger partial charge in [-0.25, -0.2) is 4.68 Å². The Hall–Kier alpha value is -2.89. The average Bonchev–Trinajstić information content (AvgIpc) is 3.19. The molecule has 5 nitrogen and oxygen atoms in total. The lowest BCUT2D eigenvalue weighted by Crippen LogP contribution is -2.15. The van der Waals surface area contributed by atoms with Gasteiger partial charge in [0.2, 0.25) is 0 Å². The highest BCUT2D eigenvalue weighted by Crippen LogP contribution is 2.21. The Morgan fingerprint density at radius 1 is 0.710 bits per heavy atom. The molecule has 0 fully saturated rings. The number of halogens is 1. The number of rotatable bonds is 8. The van der Waals surface area contributed by atoms with E-state index in [4.69, 9.17) is 16.7 Å². The van der Waals surface area contributed by atoms with E-state index in [1.807, 2.05) is 35.9 Å². The standard InChI is InChI=1S/C25H28ClN5/c1-18-23(20(3)30(28-18)16-21-10-6-4-7-11-21)14-27-15-24-19(2)29-31(25(24)26)17-22-12-8-5-9-13-22/h4-13,27H,14-17H2,1-3H3. The van der Waals surface area contributed by atoms with Crippen LogP contribution in [0.3, 0.4) is 0 Å². The fourth-order valence-corrected chi connectivity index (χ4v) is 4.17. The van der Waals surface area contributed by atoms with Gasteiger partial charge in [0.25, 0.3) is 0 Å². The van der Waals surface area contributed by atoms with Gasteiger partial charge in [0.1, 0.15) is 5.15 Å². The topological polar surface area (TPSA) is 47.7 Å². The summed E-state index contributed by atoms with van der Waals surface area (Å²) >= 11 is 6.66. The van der Waals surface area contributed by atoms with Crippen molar-refractivity contribution < 1.29 is 0 Å². The number of hydrogen-bond acceptors (Lipinski definition) is 3. The predicted octanol–water partition coefficient (Wildman–Crippen LogP) is 5.04. The van der Waals surface area contributed by atoms with Crippen molar-refractivity contribution >= 4 is 11.6 Å². The maximum atomic E-state index is 6.66. The number of hydrogen-bond donors (Lipinski definition) is 1. The van der Waals surface area contributed by atoms with Crippen LogP contribution in [0.1, 0.15) is 39.3 Å². The summed E-state index contributed by atoms with van der Waals surface area (Å²) in [5.74, 6) is 0. The number of nitrogens with zero attached hydrogens (tertiary/aromatic N) is 4. The van der Waals surface area contributed by atoms with Crippen molar-refractivity contribution in [3.63, 3.8) is 0 Å². The molecule has 0 aliphatic carbocycles. The lowest BCUT2D eigenvalue weighted by atomic mass is 10.2. The predicted molar refractivity (Wildman–Crippen MR) is 125 cm³/mol. The van der Waals surface area contributed by atoms with Crippen molar-refractivity contribution in [3.8, 4) is 0 Å². The third-order valence-electron chi connectivity index (χ3n) is 5.67. The zero-order valence-electron chi connectivity index (χ0n) is 18.3. The fourth-order valence-electron chi connectivity index (χ4n) is 3.86. The second-order valence-corrected chi connectivity index (χ2v) is 8.25. The lowest BCUT2D eigenvalue weighted by Gasteiger charge is -2.08. The van der Waals surface area contributed by atoms with Crippen LogP contribution in [0.4, 0.5) is 0 Å². The van der Waals surface area contributed by atoms with E-state index in [0.29, 0.717) is 18.2 Å². The molecule has 0 aliphatic rings. The van der Waals surface area contributed by atoms with Gasteiger partial charge >= 0.3 is 0 Å². The van der Waals surface area contributed by atoms with Crippen molar-refractivity contribution in [1.29, 1.82) is 0 Å². The minimum Gasteiger partial charge on any atom is -0.308 e. The van der Waals surface area contributed by atoms with Crippen LogP contribution in [0.5, 0.6) is 0 Å². The lowest BCUT2D eigenvalue weighted by molar-refractivity contribution is 0.652. The summed E-state index contributed by atoms with van der Waals surface area (Å²) in [5.41, 5.74) is 7.93. The van der Waals surface area contributed by atoms with E-state index >= 15 is 0 Å². The quantitative estimate of drug-likeness (QED) is 0.423. The molecular formula is C25H28ClN5. The molecule has 4 rings (SSSR count). The molecule has 31 heavy (non-hydrogen) atoms. The van der Waals surface area contributed by atoms with Crippen molar-refractivity contribution in [1.82, 2.24) is 24.9 Å². The first-order valence-electron chi connectivity index (χ1n) is 10.6. The number of aromatic nitrogens is 4. The second kappa shape index (κ2) is 9.50. The van der Waals surface area contributed by atoms with Crippen LogP contribution in [0.2, 0.25) is 5.15 Å². The Bertz CT molecular complexity index is 1050. The molecule has 2 aromatic heterocycles. The number of aryl methyl sites for hydroxylation is 2. The van der Waals surface area contributed by atoms with Gasteiger partial charge in [0.05, 0.1) is 24.5 Å². The van der Waals surface area contributed by atoms with Crippen molar-refractivity contribution in [2.24, 2.45) is 0 Å². The molecular weight excluding hydrogens is 406 g/mol. The first-order valence-corrected chi connectivity index (χ1v) is 10.9. The first-order chi connectivity index (χ1) is 15.0. The summed E-state index contributed by atoms with van der Waals surface area (Å²) in [6.45, 7) is 9.08. The summed E-state index contributed by atoms with van der Waals surface area (Å²) in [6.07, 6.45) is 0. The van der Waals surface area contributed by atoms with E-state index in [2.05, 4.69) is 65.3 Å². The third-order valence-corrected chi connectivity index (χ3v) is 6.09. The van der Waals surface area contributed by atoms with E-state index in [1.54, 1.807) is 0 Å². The second-order valence-electron chi connectivity index (χ2n) is 7.89. The smallest absolute Gasteiger partial charge is 0.132 e. The van der Waals surface area contributed by atoms with Crippen LogP contribution in [0.15, 0.2) is 60.7 Å². The molecule has 2 aromatic carbocycles. The first kappa shape index (κ1) is 21.3. The average molecular weight is 434 g/mol. The monoisotopic (exact) mass is 433 g/mol. The van der Waals surface area contributed by atoms with E-state index < -0.39 is 0 Å². The van der Waals surface area contributed by atoms with Gasteiger partial charge in [-0.3, -0.25) is 4.68 Å². The molecule has 0 bridgehead atoms. The van der Waals surface area contributed by atoms with Gasteiger partial charge in [-0.2, -0.15) is 10.2 Å². The highest BCUT2D eigenvalue weighted by Gasteiger charge is 2.15.